The van der Waals surface area contributed by atoms with Crippen LogP contribution in [-0.4, -0.2) is 19.3 Å². The standard InChI is InChI=1S/C51H60N4O/c1-31(2)23-35-21-22-52-46(26-35)54-44-18-16-15-17-40(44)41-20-19-38(30-45(41)54)56-39-28-36(49(6,7)8)27-37(29-39)55-34(5)47(33(4)53-55)48-42(50(9,10)11)24-32(3)25-43(48)51(12,13)14/h15-22,24-31H,23H2,1-14H3. The van der Waals surface area contributed by atoms with Gasteiger partial charge in [0, 0.05) is 40.4 Å². The second kappa shape index (κ2) is 14.1. The van der Waals surface area contributed by atoms with Crippen molar-refractivity contribution in [3.63, 3.8) is 0 Å². The lowest BCUT2D eigenvalue weighted by Gasteiger charge is -2.31. The van der Waals surface area contributed by atoms with Gasteiger partial charge in [-0.2, -0.15) is 5.10 Å². The van der Waals surface area contributed by atoms with Gasteiger partial charge in [-0.1, -0.05) is 112 Å². The van der Waals surface area contributed by atoms with Crippen LogP contribution in [-0.2, 0) is 22.7 Å². The molecular weight excluding hydrogens is 685 g/mol. The van der Waals surface area contributed by atoms with Gasteiger partial charge in [-0.15, -0.1) is 0 Å². The minimum atomic E-state index is -0.119. The Morgan fingerprint density at radius 2 is 1.30 bits per heavy atom. The molecule has 0 unspecified atom stereocenters. The average Bonchev–Trinajstić information content (AvgIpc) is 3.59. The molecule has 3 heterocycles. The molecule has 0 fully saturated rings. The number of hydrogen-bond donors (Lipinski definition) is 0. The van der Waals surface area contributed by atoms with E-state index in [-0.39, 0.29) is 16.2 Å². The molecule has 5 heteroatoms. The van der Waals surface area contributed by atoms with Crippen LogP contribution in [0.3, 0.4) is 0 Å². The van der Waals surface area contributed by atoms with Gasteiger partial charge in [0.1, 0.15) is 17.3 Å². The zero-order chi connectivity index (χ0) is 40.5. The maximum atomic E-state index is 6.88. The highest BCUT2D eigenvalue weighted by Crippen LogP contribution is 2.44. The first-order valence-corrected chi connectivity index (χ1v) is 20.2. The van der Waals surface area contributed by atoms with Gasteiger partial charge >= 0.3 is 0 Å². The maximum absolute atomic E-state index is 6.88. The molecule has 0 aliphatic heterocycles. The van der Waals surface area contributed by atoms with Gasteiger partial charge in [-0.3, -0.25) is 4.57 Å². The molecule has 0 radical (unpaired) electrons. The lowest BCUT2D eigenvalue weighted by molar-refractivity contribution is 0.478. The number of rotatable bonds is 7. The smallest absolute Gasteiger partial charge is 0.137 e. The molecule has 0 amide bonds. The Bertz CT molecular complexity index is 2560. The van der Waals surface area contributed by atoms with Gasteiger partial charge in [-0.05, 0) is 120 Å². The summed E-state index contributed by atoms with van der Waals surface area (Å²) in [6.07, 6.45) is 2.94. The van der Waals surface area contributed by atoms with Crippen LogP contribution < -0.4 is 4.74 Å². The van der Waals surface area contributed by atoms with E-state index in [4.69, 9.17) is 14.8 Å². The van der Waals surface area contributed by atoms with Gasteiger partial charge in [0.25, 0.3) is 0 Å². The first-order chi connectivity index (χ1) is 26.2. The molecular formula is C51H60N4O. The van der Waals surface area contributed by atoms with Gasteiger partial charge in [0.2, 0.25) is 0 Å². The largest absolute Gasteiger partial charge is 0.457 e. The second-order valence-corrected chi connectivity index (χ2v) is 19.4. The third-order valence-electron chi connectivity index (χ3n) is 11.0. The summed E-state index contributed by atoms with van der Waals surface area (Å²) in [7, 11) is 0. The Morgan fingerprint density at radius 3 is 1.95 bits per heavy atom. The molecule has 0 aliphatic carbocycles. The molecule has 0 saturated carbocycles. The molecule has 7 aromatic rings. The van der Waals surface area contributed by atoms with Gasteiger partial charge in [0.05, 0.1) is 22.4 Å². The molecule has 0 spiro atoms. The van der Waals surface area contributed by atoms with E-state index < -0.39 is 0 Å². The number of hydrogen-bond acceptors (Lipinski definition) is 3. The molecule has 0 atom stereocenters. The Labute approximate surface area is 334 Å². The zero-order valence-corrected chi connectivity index (χ0v) is 36.1. The number of aryl methyl sites for hydroxylation is 2. The fourth-order valence-corrected chi connectivity index (χ4v) is 8.27. The van der Waals surface area contributed by atoms with Crippen LogP contribution in [0.25, 0.3) is 44.4 Å². The van der Waals surface area contributed by atoms with Crippen LogP contribution in [0, 0.1) is 26.7 Å². The molecule has 3 aromatic heterocycles. The first-order valence-electron chi connectivity index (χ1n) is 20.2. The summed E-state index contributed by atoms with van der Waals surface area (Å²) in [4.78, 5) is 4.88. The van der Waals surface area contributed by atoms with Crippen LogP contribution in [0.1, 0.15) is 115 Å². The van der Waals surface area contributed by atoms with Crippen molar-refractivity contribution in [2.45, 2.75) is 120 Å². The number of pyridine rings is 1. The van der Waals surface area contributed by atoms with Crippen molar-refractivity contribution in [3.05, 3.63) is 130 Å². The molecule has 4 aromatic carbocycles. The summed E-state index contributed by atoms with van der Waals surface area (Å²) in [5, 5.41) is 7.65. The lowest BCUT2D eigenvalue weighted by Crippen LogP contribution is -2.20. The Kier molecular flexibility index (Phi) is 9.84. The van der Waals surface area contributed by atoms with E-state index in [1.54, 1.807) is 0 Å². The normalized spacial score (nSPS) is 12.7. The number of benzene rings is 4. The summed E-state index contributed by atoms with van der Waals surface area (Å²) in [5.41, 5.74) is 14.1. The zero-order valence-electron chi connectivity index (χ0n) is 36.1. The highest BCUT2D eigenvalue weighted by molar-refractivity contribution is 6.09. The van der Waals surface area contributed by atoms with E-state index in [1.807, 2.05) is 6.20 Å². The van der Waals surface area contributed by atoms with Crippen molar-refractivity contribution < 1.29 is 4.74 Å². The topological polar surface area (TPSA) is 44.9 Å². The third-order valence-corrected chi connectivity index (χ3v) is 11.0. The van der Waals surface area contributed by atoms with Gasteiger partial charge < -0.3 is 4.74 Å². The van der Waals surface area contributed by atoms with Crippen LogP contribution >= 0.6 is 0 Å². The quantitative estimate of drug-likeness (QED) is 0.163. The molecule has 5 nitrogen and oxygen atoms in total. The third kappa shape index (κ3) is 7.41. The highest BCUT2D eigenvalue weighted by atomic mass is 16.5. The van der Waals surface area contributed by atoms with Crippen molar-refractivity contribution in [2.75, 3.05) is 0 Å². The molecule has 56 heavy (non-hydrogen) atoms. The fraction of sp³-hybridized carbons (Fsp3) is 0.373. The summed E-state index contributed by atoms with van der Waals surface area (Å²) in [6.45, 7) is 31.8. The van der Waals surface area contributed by atoms with E-state index in [0.29, 0.717) is 5.92 Å². The second-order valence-electron chi connectivity index (χ2n) is 19.4. The molecule has 290 valence electrons. The first kappa shape index (κ1) is 39.1. The van der Waals surface area contributed by atoms with Crippen LogP contribution in [0.2, 0.25) is 0 Å². The Morgan fingerprint density at radius 1 is 0.643 bits per heavy atom. The van der Waals surface area contributed by atoms with Crippen molar-refractivity contribution in [1.29, 1.82) is 0 Å². The number of ether oxygens (including phenoxy) is 1. The van der Waals surface area contributed by atoms with Crippen molar-refractivity contribution in [3.8, 4) is 34.1 Å². The fourth-order valence-electron chi connectivity index (χ4n) is 8.27. The van der Waals surface area contributed by atoms with Crippen LogP contribution in [0.15, 0.2) is 91.1 Å². The lowest BCUT2D eigenvalue weighted by atomic mass is 9.73. The number of aromatic nitrogens is 4. The number of para-hydroxylation sites is 1. The van der Waals surface area contributed by atoms with Crippen LogP contribution in [0.5, 0.6) is 11.5 Å². The minimum absolute atomic E-state index is 0.0464. The van der Waals surface area contributed by atoms with E-state index in [0.717, 1.165) is 51.8 Å². The van der Waals surface area contributed by atoms with Crippen molar-refractivity contribution in [2.24, 2.45) is 5.92 Å². The number of nitrogens with zero attached hydrogens (tertiary/aromatic N) is 4. The Hall–Kier alpha value is -5.16. The summed E-state index contributed by atoms with van der Waals surface area (Å²) in [5.74, 6) is 3.03. The number of fused-ring (bicyclic) bond motifs is 3. The summed E-state index contributed by atoms with van der Waals surface area (Å²) < 4.78 is 11.3. The van der Waals surface area contributed by atoms with E-state index >= 15 is 0 Å². The molecule has 0 bridgehead atoms. The van der Waals surface area contributed by atoms with Crippen molar-refractivity contribution >= 4 is 21.8 Å². The molecule has 0 N–H and O–H groups in total. The van der Waals surface area contributed by atoms with Gasteiger partial charge in [0.15, 0.2) is 0 Å². The molecule has 0 saturated heterocycles. The predicted octanol–water partition coefficient (Wildman–Crippen LogP) is 13.8. The summed E-state index contributed by atoms with van der Waals surface area (Å²) in [6, 6.07) is 30.7. The maximum Gasteiger partial charge on any atom is 0.137 e. The summed E-state index contributed by atoms with van der Waals surface area (Å²) >= 11 is 0. The average molecular weight is 745 g/mol. The SMILES string of the molecule is Cc1cc(C(C)(C)C)c(-c2c(C)nn(-c3cc(Oc4ccc5c6ccccc6n(-c6cc(CC(C)C)ccn6)c5c4)cc(C(C)(C)C)c3)c2C)c(C(C)(C)C)c1. The molecule has 7 rings (SSSR count). The highest BCUT2D eigenvalue weighted by Gasteiger charge is 2.30. The Balaban J connectivity index is 1.37. The molecule has 0 aliphatic rings. The van der Waals surface area contributed by atoms with E-state index in [2.05, 4.69) is 191 Å². The van der Waals surface area contributed by atoms with Crippen molar-refractivity contribution in [1.82, 2.24) is 19.3 Å². The predicted molar refractivity (Wildman–Crippen MR) is 237 cm³/mol. The van der Waals surface area contributed by atoms with E-state index in [1.165, 1.54) is 49.7 Å². The van der Waals surface area contributed by atoms with E-state index in [9.17, 15) is 0 Å². The minimum Gasteiger partial charge on any atom is -0.457 e. The monoisotopic (exact) mass is 744 g/mol. The van der Waals surface area contributed by atoms with Gasteiger partial charge in [-0.25, -0.2) is 9.67 Å². The van der Waals surface area contributed by atoms with Crippen LogP contribution in [0.4, 0.5) is 0 Å².